The van der Waals surface area contributed by atoms with Gasteiger partial charge in [0.25, 0.3) is 0 Å². The van der Waals surface area contributed by atoms with Gasteiger partial charge >= 0.3 is 29.6 Å². The summed E-state index contributed by atoms with van der Waals surface area (Å²) in [5.41, 5.74) is 1.74. The molecule has 0 N–H and O–H groups in total. The van der Waals surface area contributed by atoms with E-state index in [1.54, 1.807) is 16.8 Å². The molecule has 5 nitrogen and oxygen atoms in total. The van der Waals surface area contributed by atoms with Gasteiger partial charge in [-0.2, -0.15) is 5.10 Å². The van der Waals surface area contributed by atoms with Crippen molar-refractivity contribution in [2.24, 2.45) is 0 Å². The van der Waals surface area contributed by atoms with Crippen molar-refractivity contribution in [3.05, 3.63) is 58.7 Å². The van der Waals surface area contributed by atoms with E-state index in [0.717, 1.165) is 23.3 Å². The first kappa shape index (κ1) is 19.8. The van der Waals surface area contributed by atoms with E-state index in [1.165, 1.54) is 12.3 Å². The molecule has 1 aromatic heterocycles. The molecule has 0 spiro atoms. The molecule has 0 fully saturated rings. The van der Waals surface area contributed by atoms with Crippen molar-refractivity contribution in [3.63, 3.8) is 0 Å². The Morgan fingerprint density at radius 2 is 2.12 bits per heavy atom. The molecule has 1 heterocycles. The van der Waals surface area contributed by atoms with Crippen LogP contribution in [-0.4, -0.2) is 22.4 Å². The third-order valence-corrected chi connectivity index (χ3v) is 3.95. The van der Waals surface area contributed by atoms with Crippen LogP contribution >= 0.6 is 11.6 Å². The van der Waals surface area contributed by atoms with Crippen LogP contribution < -0.4 is 39.4 Å². The van der Waals surface area contributed by atoms with Crippen LogP contribution in [-0.2, 0) is 6.54 Å². The van der Waals surface area contributed by atoms with Crippen molar-refractivity contribution in [1.82, 2.24) is 9.78 Å². The second kappa shape index (κ2) is 8.72. The van der Waals surface area contributed by atoms with Gasteiger partial charge in [-0.25, -0.2) is 0 Å². The Morgan fingerprint density at radius 3 is 2.84 bits per heavy atom. The van der Waals surface area contributed by atoms with E-state index >= 15 is 0 Å². The minimum absolute atomic E-state index is 0. The summed E-state index contributed by atoms with van der Waals surface area (Å²) in [5.74, 6) is -0.462. The summed E-state index contributed by atoms with van der Waals surface area (Å²) in [7, 11) is 0. The van der Waals surface area contributed by atoms with Gasteiger partial charge in [-0.3, -0.25) is 4.68 Å². The van der Waals surface area contributed by atoms with Crippen LogP contribution in [0.1, 0.15) is 29.3 Å². The minimum atomic E-state index is -1.21. The maximum absolute atomic E-state index is 11.2. The molecule has 0 amide bonds. The number of fused-ring (bicyclic) bond motifs is 1. The topological polar surface area (TPSA) is 67.2 Å². The molecule has 0 bridgehead atoms. The average molecular weight is 367 g/mol. The number of aromatic carboxylic acids is 1. The predicted molar refractivity (Wildman–Crippen MR) is 90.4 cm³/mol. The standard InChI is InChI=1S/C18H17ClN2O3.Na/c1-2-8-24-17-7-6-13(19)9-12(17)11-21-16-5-3-4-14(18(22)23)15(16)10-20-21;/h3-7,9-10H,2,8,11H2,1H3,(H,22,23);/q;+1/p-1. The molecule has 0 atom stereocenters. The molecule has 124 valence electrons. The van der Waals surface area contributed by atoms with Gasteiger partial charge in [-0.15, -0.1) is 0 Å². The largest absolute Gasteiger partial charge is 1.00 e. The van der Waals surface area contributed by atoms with E-state index < -0.39 is 5.97 Å². The third-order valence-electron chi connectivity index (χ3n) is 3.71. The van der Waals surface area contributed by atoms with E-state index in [1.807, 2.05) is 25.1 Å². The van der Waals surface area contributed by atoms with Gasteiger partial charge in [0.05, 0.1) is 30.8 Å². The summed E-state index contributed by atoms with van der Waals surface area (Å²) >= 11 is 6.10. The van der Waals surface area contributed by atoms with Gasteiger partial charge in [-0.1, -0.05) is 30.7 Å². The minimum Gasteiger partial charge on any atom is -0.545 e. The second-order valence-electron chi connectivity index (χ2n) is 5.43. The summed E-state index contributed by atoms with van der Waals surface area (Å²) in [4.78, 5) is 11.2. The fourth-order valence-corrected chi connectivity index (χ4v) is 2.79. The van der Waals surface area contributed by atoms with E-state index in [9.17, 15) is 9.90 Å². The van der Waals surface area contributed by atoms with Crippen molar-refractivity contribution in [3.8, 4) is 5.75 Å². The smallest absolute Gasteiger partial charge is 0.545 e. The summed E-state index contributed by atoms with van der Waals surface area (Å²) < 4.78 is 7.49. The van der Waals surface area contributed by atoms with E-state index in [-0.39, 0.29) is 35.1 Å². The zero-order chi connectivity index (χ0) is 17.1. The number of rotatable bonds is 6. The van der Waals surface area contributed by atoms with Gasteiger partial charge in [0.2, 0.25) is 0 Å². The van der Waals surface area contributed by atoms with Gasteiger partial charge in [0, 0.05) is 21.5 Å². The number of aromatic nitrogens is 2. The normalized spacial score (nSPS) is 10.5. The fourth-order valence-electron chi connectivity index (χ4n) is 2.59. The molecule has 0 aliphatic carbocycles. The number of hydrogen-bond acceptors (Lipinski definition) is 4. The molecular weight excluding hydrogens is 351 g/mol. The first-order valence-corrected chi connectivity index (χ1v) is 8.05. The molecule has 3 aromatic rings. The first-order chi connectivity index (χ1) is 11.6. The molecule has 0 saturated carbocycles. The van der Waals surface area contributed by atoms with Crippen molar-refractivity contribution in [2.45, 2.75) is 19.9 Å². The monoisotopic (exact) mass is 366 g/mol. The number of carboxylic acids is 1. The summed E-state index contributed by atoms with van der Waals surface area (Å²) in [6.45, 7) is 3.08. The maximum atomic E-state index is 11.2. The molecule has 0 aliphatic rings. The molecule has 7 heteroatoms. The number of carboxylic acid groups (broad SMARTS) is 1. The van der Waals surface area contributed by atoms with Gasteiger partial charge in [-0.05, 0) is 30.7 Å². The van der Waals surface area contributed by atoms with Crippen molar-refractivity contribution in [1.29, 1.82) is 0 Å². The Hall–Kier alpha value is -1.53. The number of carbonyl (C=O) groups is 1. The van der Waals surface area contributed by atoms with Crippen LogP contribution in [0.3, 0.4) is 0 Å². The number of hydrogen-bond donors (Lipinski definition) is 0. The zero-order valence-corrected chi connectivity index (χ0v) is 16.9. The van der Waals surface area contributed by atoms with E-state index in [0.29, 0.717) is 23.6 Å². The summed E-state index contributed by atoms with van der Waals surface area (Å²) in [6, 6.07) is 10.5. The summed E-state index contributed by atoms with van der Waals surface area (Å²) in [6.07, 6.45) is 2.44. The van der Waals surface area contributed by atoms with Crippen LogP contribution in [0.15, 0.2) is 42.6 Å². The van der Waals surface area contributed by atoms with Crippen LogP contribution in [0.25, 0.3) is 10.9 Å². The average Bonchev–Trinajstić information content (AvgIpc) is 2.97. The van der Waals surface area contributed by atoms with Gasteiger partial charge < -0.3 is 14.6 Å². The maximum Gasteiger partial charge on any atom is 1.00 e. The van der Waals surface area contributed by atoms with Crippen molar-refractivity contribution < 1.29 is 44.2 Å². The molecule has 0 aliphatic heterocycles. The third kappa shape index (κ3) is 4.36. The first-order valence-electron chi connectivity index (χ1n) is 7.67. The predicted octanol–water partition coefficient (Wildman–Crippen LogP) is -0.106. The van der Waals surface area contributed by atoms with E-state index in [4.69, 9.17) is 16.3 Å². The van der Waals surface area contributed by atoms with Crippen LogP contribution in [0.4, 0.5) is 0 Å². The Balaban J connectivity index is 0.00000225. The Kier molecular flexibility index (Phi) is 6.90. The molecule has 3 rings (SSSR count). The Bertz CT molecular complexity index is 895. The number of benzene rings is 2. The van der Waals surface area contributed by atoms with Crippen LogP contribution in [0, 0.1) is 0 Å². The van der Waals surface area contributed by atoms with Crippen molar-refractivity contribution in [2.75, 3.05) is 6.61 Å². The second-order valence-corrected chi connectivity index (χ2v) is 5.86. The van der Waals surface area contributed by atoms with Gasteiger partial charge in [0.1, 0.15) is 5.75 Å². The molecule has 0 radical (unpaired) electrons. The van der Waals surface area contributed by atoms with E-state index in [2.05, 4.69) is 5.10 Å². The number of halogens is 1. The van der Waals surface area contributed by atoms with Crippen LogP contribution in [0.2, 0.25) is 5.02 Å². The number of ether oxygens (including phenoxy) is 1. The number of nitrogens with zero attached hydrogens (tertiary/aromatic N) is 2. The SMILES string of the molecule is CCCOc1ccc(Cl)cc1Cn1ncc2c(C(=O)[O-])cccc21.[Na+]. The number of carbonyl (C=O) groups excluding carboxylic acids is 1. The Labute approximate surface area is 172 Å². The van der Waals surface area contributed by atoms with Crippen LogP contribution in [0.5, 0.6) is 5.75 Å². The Morgan fingerprint density at radius 1 is 1.32 bits per heavy atom. The fraction of sp³-hybridized carbons (Fsp3) is 0.222. The molecule has 0 unspecified atom stereocenters. The molecule has 2 aromatic carbocycles. The molecule has 0 saturated heterocycles. The zero-order valence-electron chi connectivity index (χ0n) is 14.2. The summed E-state index contributed by atoms with van der Waals surface area (Å²) in [5, 5.41) is 16.7. The van der Waals surface area contributed by atoms with Gasteiger partial charge in [0.15, 0.2) is 0 Å². The molecule has 25 heavy (non-hydrogen) atoms. The molecular formula is C18H16ClN2NaO3. The quantitative estimate of drug-likeness (QED) is 0.571. The van der Waals surface area contributed by atoms with Crippen molar-refractivity contribution >= 4 is 28.5 Å².